The number of anilines is 2. The van der Waals surface area contributed by atoms with Crippen molar-refractivity contribution in [3.05, 3.63) is 24.4 Å². The minimum absolute atomic E-state index is 0.564. The first-order valence-corrected chi connectivity index (χ1v) is 4.83. The molecule has 1 heterocycles. The van der Waals surface area contributed by atoms with Crippen LogP contribution in [0, 0.1) is 0 Å². The van der Waals surface area contributed by atoms with Gasteiger partial charge in [-0.25, -0.2) is 4.98 Å². The highest BCUT2D eigenvalue weighted by molar-refractivity contribution is 5.40. The minimum Gasteiger partial charge on any atom is -0.366 e. The Kier molecular flexibility index (Phi) is 4.56. The Labute approximate surface area is 90.0 Å². The summed E-state index contributed by atoms with van der Waals surface area (Å²) in [6, 6.07) is 1.84. The van der Waals surface area contributed by atoms with E-state index in [1.807, 2.05) is 37.2 Å². The fraction of sp³-hybridized carbons (Fsp3) is 0.400. The average molecular weight is 207 g/mol. The van der Waals surface area contributed by atoms with Gasteiger partial charge in [-0.05, 0) is 6.07 Å². The summed E-state index contributed by atoms with van der Waals surface area (Å²) in [5, 5.41) is 3.15. The summed E-state index contributed by atoms with van der Waals surface area (Å²) >= 11 is 0. The molecule has 1 aromatic heterocycles. The third-order valence-corrected chi connectivity index (χ3v) is 1.75. The lowest BCUT2D eigenvalue weighted by molar-refractivity contribution is 0.996. The van der Waals surface area contributed by atoms with Crippen LogP contribution >= 0.6 is 0 Å². The highest BCUT2D eigenvalue weighted by Gasteiger charge is 1.98. The summed E-state index contributed by atoms with van der Waals surface area (Å²) in [6.45, 7) is 1.29. The van der Waals surface area contributed by atoms with Crippen molar-refractivity contribution < 1.29 is 0 Å². The number of nitrogens with zero attached hydrogens (tertiary/aromatic N) is 3. The largest absolute Gasteiger partial charge is 0.366 e. The van der Waals surface area contributed by atoms with Crippen LogP contribution in [0.4, 0.5) is 11.8 Å². The summed E-state index contributed by atoms with van der Waals surface area (Å²) in [5.74, 6) is 1.51. The second kappa shape index (κ2) is 5.98. The smallest absolute Gasteiger partial charge is 0.226 e. The average Bonchev–Trinajstić information content (AvgIpc) is 2.25. The monoisotopic (exact) mass is 207 g/mol. The van der Waals surface area contributed by atoms with E-state index < -0.39 is 0 Å². The zero-order valence-electron chi connectivity index (χ0n) is 9.14. The maximum absolute atomic E-state index is 5.32. The van der Waals surface area contributed by atoms with Crippen molar-refractivity contribution in [2.75, 3.05) is 37.4 Å². The molecule has 1 rings (SSSR count). The molecule has 0 aromatic carbocycles. The second-order valence-electron chi connectivity index (χ2n) is 3.22. The maximum atomic E-state index is 5.32. The number of hydrogen-bond donors (Lipinski definition) is 2. The molecule has 0 spiro atoms. The molecule has 0 bridgehead atoms. The van der Waals surface area contributed by atoms with Crippen LogP contribution in [0.5, 0.6) is 0 Å². The van der Waals surface area contributed by atoms with Crippen molar-refractivity contribution >= 4 is 11.8 Å². The molecule has 0 unspecified atom stereocenters. The van der Waals surface area contributed by atoms with Gasteiger partial charge >= 0.3 is 0 Å². The first-order chi connectivity index (χ1) is 7.24. The van der Waals surface area contributed by atoms with Crippen molar-refractivity contribution in [1.29, 1.82) is 0 Å². The van der Waals surface area contributed by atoms with E-state index >= 15 is 0 Å². The van der Waals surface area contributed by atoms with Gasteiger partial charge < -0.3 is 16.0 Å². The first kappa shape index (κ1) is 11.5. The predicted molar refractivity (Wildman–Crippen MR) is 63.0 cm³/mol. The zero-order chi connectivity index (χ0) is 11.1. The molecule has 5 nitrogen and oxygen atoms in total. The van der Waals surface area contributed by atoms with Gasteiger partial charge in [-0.15, -0.1) is 0 Å². The fourth-order valence-corrected chi connectivity index (χ4v) is 1.01. The van der Waals surface area contributed by atoms with E-state index in [1.165, 1.54) is 0 Å². The summed E-state index contributed by atoms with van der Waals surface area (Å²) in [4.78, 5) is 10.3. The summed E-state index contributed by atoms with van der Waals surface area (Å²) in [6.07, 6.45) is 5.61. The predicted octanol–water partition coefficient (Wildman–Crippen LogP) is 0.469. The number of aromatic nitrogens is 2. The summed E-state index contributed by atoms with van der Waals surface area (Å²) in [7, 11) is 3.82. The summed E-state index contributed by atoms with van der Waals surface area (Å²) < 4.78 is 0. The van der Waals surface area contributed by atoms with E-state index in [0.717, 1.165) is 12.4 Å². The Morgan fingerprint density at radius 2 is 2.27 bits per heavy atom. The molecule has 0 aliphatic rings. The topological polar surface area (TPSA) is 67.1 Å². The van der Waals surface area contributed by atoms with Gasteiger partial charge in [0.25, 0.3) is 0 Å². The van der Waals surface area contributed by atoms with Gasteiger partial charge in [0.05, 0.1) is 0 Å². The van der Waals surface area contributed by atoms with Crippen LogP contribution < -0.4 is 16.0 Å². The Balaban J connectivity index is 2.54. The van der Waals surface area contributed by atoms with Crippen molar-refractivity contribution in [2.24, 2.45) is 5.73 Å². The van der Waals surface area contributed by atoms with Gasteiger partial charge in [-0.2, -0.15) is 4.98 Å². The molecule has 0 atom stereocenters. The molecule has 0 fully saturated rings. The quantitative estimate of drug-likeness (QED) is 0.687. The molecule has 0 saturated heterocycles. The maximum Gasteiger partial charge on any atom is 0.226 e. The number of nitrogens with two attached hydrogens (primary N) is 1. The SMILES string of the molecule is CN(C)c1nccc(NC/C=C/CN)n1. The Morgan fingerprint density at radius 3 is 2.93 bits per heavy atom. The Morgan fingerprint density at radius 1 is 1.47 bits per heavy atom. The van der Waals surface area contributed by atoms with E-state index in [4.69, 9.17) is 5.73 Å². The van der Waals surface area contributed by atoms with Gasteiger partial charge in [-0.3, -0.25) is 0 Å². The minimum atomic E-state index is 0.564. The van der Waals surface area contributed by atoms with Crippen molar-refractivity contribution in [2.45, 2.75) is 0 Å². The molecule has 15 heavy (non-hydrogen) atoms. The third-order valence-electron chi connectivity index (χ3n) is 1.75. The lowest BCUT2D eigenvalue weighted by Crippen LogP contribution is -2.13. The molecule has 0 radical (unpaired) electrons. The molecule has 1 aromatic rings. The van der Waals surface area contributed by atoms with E-state index in [0.29, 0.717) is 12.5 Å². The van der Waals surface area contributed by atoms with Crippen LogP contribution in [0.15, 0.2) is 24.4 Å². The molecular weight excluding hydrogens is 190 g/mol. The number of hydrogen-bond acceptors (Lipinski definition) is 5. The van der Waals surface area contributed by atoms with Crippen LogP contribution in [0.1, 0.15) is 0 Å². The molecule has 0 aliphatic carbocycles. The molecule has 0 amide bonds. The zero-order valence-corrected chi connectivity index (χ0v) is 9.14. The van der Waals surface area contributed by atoms with Crippen LogP contribution in [-0.2, 0) is 0 Å². The van der Waals surface area contributed by atoms with E-state index in [-0.39, 0.29) is 0 Å². The van der Waals surface area contributed by atoms with Gasteiger partial charge in [-0.1, -0.05) is 12.2 Å². The van der Waals surface area contributed by atoms with Gasteiger partial charge in [0.1, 0.15) is 5.82 Å². The molecule has 3 N–H and O–H groups in total. The Hall–Kier alpha value is -1.62. The van der Waals surface area contributed by atoms with Crippen LogP contribution in [0.2, 0.25) is 0 Å². The van der Waals surface area contributed by atoms with E-state index in [1.54, 1.807) is 6.20 Å². The fourth-order valence-electron chi connectivity index (χ4n) is 1.01. The highest BCUT2D eigenvalue weighted by atomic mass is 15.2. The van der Waals surface area contributed by atoms with Crippen LogP contribution in [0.3, 0.4) is 0 Å². The lowest BCUT2D eigenvalue weighted by Gasteiger charge is -2.10. The third kappa shape index (κ3) is 3.95. The van der Waals surface area contributed by atoms with Crippen LogP contribution in [0.25, 0.3) is 0 Å². The number of rotatable bonds is 5. The van der Waals surface area contributed by atoms with Crippen molar-refractivity contribution in [3.8, 4) is 0 Å². The molecule has 82 valence electrons. The van der Waals surface area contributed by atoms with E-state index in [9.17, 15) is 0 Å². The Bertz CT molecular complexity index is 321. The highest BCUT2D eigenvalue weighted by Crippen LogP contribution is 2.07. The van der Waals surface area contributed by atoms with Gasteiger partial charge in [0.15, 0.2) is 0 Å². The summed E-state index contributed by atoms with van der Waals surface area (Å²) in [5.41, 5.74) is 5.32. The first-order valence-electron chi connectivity index (χ1n) is 4.83. The standard InChI is InChI=1S/C10H17N5/c1-15(2)10-13-8-5-9(14-10)12-7-4-3-6-11/h3-5,8H,6-7,11H2,1-2H3,(H,12,13,14)/b4-3+. The van der Waals surface area contributed by atoms with Gasteiger partial charge in [0, 0.05) is 33.4 Å². The van der Waals surface area contributed by atoms with Gasteiger partial charge in [0.2, 0.25) is 5.95 Å². The molecular formula is C10H17N5. The molecule has 0 saturated carbocycles. The van der Waals surface area contributed by atoms with Crippen molar-refractivity contribution in [3.63, 3.8) is 0 Å². The van der Waals surface area contributed by atoms with Crippen molar-refractivity contribution in [1.82, 2.24) is 9.97 Å². The van der Waals surface area contributed by atoms with Crippen LogP contribution in [-0.4, -0.2) is 37.2 Å². The number of nitrogens with one attached hydrogen (secondary N) is 1. The lowest BCUT2D eigenvalue weighted by atomic mass is 10.4. The molecule has 0 aliphatic heterocycles. The van der Waals surface area contributed by atoms with E-state index in [2.05, 4.69) is 15.3 Å². The molecule has 5 heteroatoms. The normalized spacial score (nSPS) is 10.6. The second-order valence-corrected chi connectivity index (χ2v) is 3.22.